The number of hydrogen-bond donors (Lipinski definition) is 2. The summed E-state index contributed by atoms with van der Waals surface area (Å²) >= 11 is 0. The fourth-order valence-corrected chi connectivity index (χ4v) is 3.71. The van der Waals surface area contributed by atoms with Crippen LogP contribution in [0.3, 0.4) is 0 Å². The fourth-order valence-electron chi connectivity index (χ4n) is 3.71. The molecule has 1 saturated heterocycles. The molecule has 0 radical (unpaired) electrons. The topological polar surface area (TPSA) is 61.6 Å². The molecule has 1 aromatic carbocycles. The zero-order chi connectivity index (χ0) is 17.5. The van der Waals surface area contributed by atoms with Crippen molar-refractivity contribution in [3.8, 4) is 0 Å². The second-order valence-electron chi connectivity index (χ2n) is 7.41. The van der Waals surface area contributed by atoms with E-state index in [4.69, 9.17) is 5.73 Å². The van der Waals surface area contributed by atoms with Gasteiger partial charge in [0.1, 0.15) is 0 Å². The van der Waals surface area contributed by atoms with Crippen LogP contribution in [0, 0.1) is 0 Å². The summed E-state index contributed by atoms with van der Waals surface area (Å²) in [6.07, 6.45) is 5.86. The maximum absolute atomic E-state index is 12.4. The van der Waals surface area contributed by atoms with Gasteiger partial charge in [0.25, 0.3) is 0 Å². The first-order chi connectivity index (χ1) is 12.2. The number of carbonyl (C=O) groups excluding carboxylic acids is 1. The molecule has 0 atom stereocenters. The van der Waals surface area contributed by atoms with Crippen LogP contribution in [0.25, 0.3) is 0 Å². The zero-order valence-corrected chi connectivity index (χ0v) is 17.6. The molecule has 7 heteroatoms. The highest BCUT2D eigenvalue weighted by molar-refractivity contribution is 5.85. The molecule has 5 nitrogen and oxygen atoms in total. The Morgan fingerprint density at radius 1 is 1.07 bits per heavy atom. The number of piperidine rings is 1. The molecular formula is C20H34Cl2N4O. The number of carbonyl (C=O) groups is 1. The Labute approximate surface area is 175 Å². The molecule has 0 unspecified atom stereocenters. The zero-order valence-electron chi connectivity index (χ0n) is 16.0. The molecule has 1 saturated carbocycles. The lowest BCUT2D eigenvalue weighted by atomic mass is 10.0. The average Bonchev–Trinajstić information content (AvgIpc) is 3.46. The molecule has 0 spiro atoms. The summed E-state index contributed by atoms with van der Waals surface area (Å²) < 4.78 is 0. The summed E-state index contributed by atoms with van der Waals surface area (Å²) in [5, 5.41) is 3.24. The molecule has 1 amide bonds. The molecule has 3 rings (SSSR count). The Bertz CT molecular complexity index is 534. The molecule has 27 heavy (non-hydrogen) atoms. The minimum atomic E-state index is 0. The Balaban J connectivity index is 0.00000182. The molecular weight excluding hydrogens is 383 g/mol. The molecule has 154 valence electrons. The SMILES string of the molecule is Cl.Cl.NCCN(CCc1ccccc1)CC(=O)NC1CCN(C2CC2)CC1. The number of likely N-dealkylation sites (tertiary alicyclic amines) is 1. The maximum atomic E-state index is 12.4. The van der Waals surface area contributed by atoms with Crippen molar-refractivity contribution in [2.75, 3.05) is 39.3 Å². The number of benzene rings is 1. The predicted octanol–water partition coefficient (Wildman–Crippen LogP) is 2.08. The van der Waals surface area contributed by atoms with Gasteiger partial charge < -0.3 is 16.0 Å². The first kappa shape index (κ1) is 24.2. The molecule has 1 heterocycles. The number of nitrogens with zero attached hydrogens (tertiary/aromatic N) is 2. The van der Waals surface area contributed by atoms with E-state index >= 15 is 0 Å². The van der Waals surface area contributed by atoms with Gasteiger partial charge in [0.15, 0.2) is 0 Å². The smallest absolute Gasteiger partial charge is 0.234 e. The minimum absolute atomic E-state index is 0. The number of rotatable bonds is 9. The molecule has 2 aliphatic rings. The fraction of sp³-hybridized carbons (Fsp3) is 0.650. The van der Waals surface area contributed by atoms with Gasteiger partial charge in [-0.25, -0.2) is 0 Å². The van der Waals surface area contributed by atoms with Crippen molar-refractivity contribution >= 4 is 30.7 Å². The lowest BCUT2D eigenvalue weighted by Gasteiger charge is -2.32. The predicted molar refractivity (Wildman–Crippen MR) is 116 cm³/mol. The molecule has 3 N–H and O–H groups in total. The third-order valence-electron chi connectivity index (χ3n) is 5.33. The van der Waals surface area contributed by atoms with Gasteiger partial charge >= 0.3 is 0 Å². The maximum Gasteiger partial charge on any atom is 0.234 e. The van der Waals surface area contributed by atoms with Gasteiger partial charge in [0.2, 0.25) is 5.91 Å². The third-order valence-corrected chi connectivity index (χ3v) is 5.33. The first-order valence-electron chi connectivity index (χ1n) is 9.74. The summed E-state index contributed by atoms with van der Waals surface area (Å²) in [6.45, 7) is 4.94. The van der Waals surface area contributed by atoms with Crippen LogP contribution in [0.5, 0.6) is 0 Å². The van der Waals surface area contributed by atoms with Crippen molar-refractivity contribution in [2.24, 2.45) is 5.73 Å². The number of nitrogens with one attached hydrogen (secondary N) is 1. The largest absolute Gasteiger partial charge is 0.352 e. The highest BCUT2D eigenvalue weighted by Crippen LogP contribution is 2.29. The third kappa shape index (κ3) is 8.36. The summed E-state index contributed by atoms with van der Waals surface area (Å²) in [5.74, 6) is 0.145. The Hall–Kier alpha value is -0.850. The van der Waals surface area contributed by atoms with Crippen LogP contribution in [-0.4, -0.2) is 67.1 Å². The van der Waals surface area contributed by atoms with E-state index in [1.54, 1.807) is 0 Å². The quantitative estimate of drug-likeness (QED) is 0.646. The van der Waals surface area contributed by atoms with Crippen molar-refractivity contribution in [1.29, 1.82) is 0 Å². The van der Waals surface area contributed by atoms with Crippen LogP contribution in [0.4, 0.5) is 0 Å². The molecule has 2 fully saturated rings. The van der Waals surface area contributed by atoms with E-state index in [0.29, 0.717) is 19.1 Å². The summed E-state index contributed by atoms with van der Waals surface area (Å²) in [4.78, 5) is 17.2. The van der Waals surface area contributed by atoms with Crippen LogP contribution in [0.2, 0.25) is 0 Å². The normalized spacial score (nSPS) is 17.9. The van der Waals surface area contributed by atoms with Crippen LogP contribution in [-0.2, 0) is 11.2 Å². The Morgan fingerprint density at radius 3 is 2.33 bits per heavy atom. The summed E-state index contributed by atoms with van der Waals surface area (Å²) in [7, 11) is 0. The van der Waals surface area contributed by atoms with Gasteiger partial charge in [-0.05, 0) is 37.7 Å². The lowest BCUT2D eigenvalue weighted by Crippen LogP contribution is -2.48. The van der Waals surface area contributed by atoms with Gasteiger partial charge in [-0.15, -0.1) is 24.8 Å². The Kier molecular flexibility index (Phi) is 11.3. The minimum Gasteiger partial charge on any atom is -0.352 e. The standard InChI is InChI=1S/C20H32N4O.2ClH/c21-11-15-23(12-8-17-4-2-1-3-5-17)16-20(25)22-18-9-13-24(14-10-18)19-6-7-19;;/h1-5,18-19H,6-16,21H2,(H,22,25);2*1H. The van der Waals surface area contributed by atoms with Crippen LogP contribution >= 0.6 is 24.8 Å². The van der Waals surface area contributed by atoms with Crippen molar-refractivity contribution in [3.63, 3.8) is 0 Å². The average molecular weight is 417 g/mol. The molecule has 1 aromatic rings. The number of amides is 1. The van der Waals surface area contributed by atoms with Crippen molar-refractivity contribution < 1.29 is 4.79 Å². The van der Waals surface area contributed by atoms with Gasteiger partial charge in [0, 0.05) is 44.8 Å². The molecule has 0 aromatic heterocycles. The molecule has 1 aliphatic carbocycles. The first-order valence-corrected chi connectivity index (χ1v) is 9.74. The monoisotopic (exact) mass is 416 g/mol. The van der Waals surface area contributed by atoms with Gasteiger partial charge in [-0.3, -0.25) is 9.69 Å². The van der Waals surface area contributed by atoms with Gasteiger partial charge in [-0.2, -0.15) is 0 Å². The highest BCUT2D eigenvalue weighted by Gasteiger charge is 2.32. The van der Waals surface area contributed by atoms with E-state index < -0.39 is 0 Å². The Morgan fingerprint density at radius 2 is 1.74 bits per heavy atom. The second kappa shape index (κ2) is 12.6. The van der Waals surface area contributed by atoms with Crippen LogP contribution in [0.15, 0.2) is 30.3 Å². The van der Waals surface area contributed by atoms with Crippen molar-refractivity contribution in [2.45, 2.75) is 44.2 Å². The van der Waals surface area contributed by atoms with Crippen LogP contribution in [0.1, 0.15) is 31.2 Å². The van der Waals surface area contributed by atoms with E-state index in [0.717, 1.165) is 51.5 Å². The number of halogens is 2. The van der Waals surface area contributed by atoms with E-state index in [1.165, 1.54) is 18.4 Å². The van der Waals surface area contributed by atoms with Crippen molar-refractivity contribution in [1.82, 2.24) is 15.1 Å². The lowest BCUT2D eigenvalue weighted by molar-refractivity contribution is -0.123. The second-order valence-corrected chi connectivity index (χ2v) is 7.41. The van der Waals surface area contributed by atoms with Gasteiger partial charge in [-0.1, -0.05) is 30.3 Å². The van der Waals surface area contributed by atoms with Crippen molar-refractivity contribution in [3.05, 3.63) is 35.9 Å². The van der Waals surface area contributed by atoms with E-state index in [-0.39, 0.29) is 30.7 Å². The summed E-state index contributed by atoms with van der Waals surface area (Å²) in [5.41, 5.74) is 7.03. The molecule has 1 aliphatic heterocycles. The number of nitrogens with two attached hydrogens (primary N) is 1. The number of hydrogen-bond acceptors (Lipinski definition) is 4. The van der Waals surface area contributed by atoms with E-state index in [9.17, 15) is 4.79 Å². The highest BCUT2D eigenvalue weighted by atomic mass is 35.5. The van der Waals surface area contributed by atoms with E-state index in [2.05, 4.69) is 39.4 Å². The molecule has 0 bridgehead atoms. The van der Waals surface area contributed by atoms with E-state index in [1.807, 2.05) is 6.07 Å². The van der Waals surface area contributed by atoms with Gasteiger partial charge in [0.05, 0.1) is 6.54 Å². The summed E-state index contributed by atoms with van der Waals surface area (Å²) in [6, 6.07) is 11.6. The van der Waals surface area contributed by atoms with Crippen LogP contribution < -0.4 is 11.1 Å².